The Morgan fingerprint density at radius 1 is 1.18 bits per heavy atom. The number of benzene rings is 1. The minimum atomic E-state index is 0.00260. The molecule has 6 atom stereocenters. The molecule has 1 heterocycles. The van der Waals surface area contributed by atoms with Crippen molar-refractivity contribution in [1.82, 2.24) is 4.90 Å². The number of likely N-dealkylation sites (tertiary alicyclic amines) is 1. The summed E-state index contributed by atoms with van der Waals surface area (Å²) in [6.07, 6.45) is 6.86. The van der Waals surface area contributed by atoms with Crippen LogP contribution < -0.4 is 5.32 Å². The molecule has 0 bridgehead atoms. The van der Waals surface area contributed by atoms with Gasteiger partial charge in [0.25, 0.3) is 0 Å². The van der Waals surface area contributed by atoms with E-state index in [1.165, 1.54) is 11.3 Å². The third kappa shape index (κ3) is 3.25. The third-order valence-electron chi connectivity index (χ3n) is 9.89. The Hall–Kier alpha value is -2.61. The second-order valence-corrected chi connectivity index (χ2v) is 11.4. The fourth-order valence-corrected chi connectivity index (χ4v) is 8.44. The number of rotatable bonds is 2. The summed E-state index contributed by atoms with van der Waals surface area (Å²) in [5.74, 6) is 2.06. The predicted octanol–water partition coefficient (Wildman–Crippen LogP) is 5.49. The van der Waals surface area contributed by atoms with Crippen molar-refractivity contribution in [2.24, 2.45) is 34.5 Å². The number of anilines is 1. The van der Waals surface area contributed by atoms with Gasteiger partial charge in [-0.15, -0.1) is 0 Å². The third-order valence-corrected chi connectivity index (χ3v) is 9.89. The van der Waals surface area contributed by atoms with Crippen LogP contribution in [0, 0.1) is 45.8 Å². The fraction of sp³-hybridized carbons (Fsp3) is 0.607. The standard InChI is InChI=1S/C28H35N3O2/c1-17-14-20-21-8-9-23(26(33)30-19-7-5-6-18(15-19)16-29)27(21,2)12-10-22(20)28(3)13-11-24(32)31(4)25(17)28/h5-7,15,20-23H,8-14H2,1-4H3,(H,30,33)/t20-,21-,22-,23+,27-,28+/m0/s1. The molecule has 0 unspecified atom stereocenters. The number of piperidine rings is 1. The number of nitriles is 1. The Morgan fingerprint density at radius 3 is 2.73 bits per heavy atom. The van der Waals surface area contributed by atoms with Gasteiger partial charge in [-0.05, 0) is 86.8 Å². The monoisotopic (exact) mass is 445 g/mol. The van der Waals surface area contributed by atoms with Gasteiger partial charge in [0.15, 0.2) is 0 Å². The van der Waals surface area contributed by atoms with Crippen LogP contribution in [0.2, 0.25) is 0 Å². The zero-order valence-corrected chi connectivity index (χ0v) is 20.3. The first-order valence-electron chi connectivity index (χ1n) is 12.5. The van der Waals surface area contributed by atoms with E-state index in [0.717, 1.165) is 38.5 Å². The van der Waals surface area contributed by atoms with Crippen LogP contribution in [-0.2, 0) is 9.59 Å². The molecule has 0 aromatic heterocycles. The van der Waals surface area contributed by atoms with E-state index in [1.54, 1.807) is 12.1 Å². The summed E-state index contributed by atoms with van der Waals surface area (Å²) in [4.78, 5) is 27.8. The number of hydrogen-bond acceptors (Lipinski definition) is 3. The lowest BCUT2D eigenvalue weighted by Gasteiger charge is -2.59. The van der Waals surface area contributed by atoms with Crippen LogP contribution in [0.3, 0.4) is 0 Å². The minimum Gasteiger partial charge on any atom is -0.326 e. The summed E-state index contributed by atoms with van der Waals surface area (Å²) in [7, 11) is 1.96. The van der Waals surface area contributed by atoms with Gasteiger partial charge in [0, 0.05) is 36.2 Å². The average molecular weight is 446 g/mol. The molecular weight excluding hydrogens is 410 g/mol. The lowest BCUT2D eigenvalue weighted by atomic mass is 9.48. The van der Waals surface area contributed by atoms with E-state index in [1.807, 2.05) is 24.1 Å². The first-order valence-corrected chi connectivity index (χ1v) is 12.5. The number of fused-ring (bicyclic) bond motifs is 5. The Labute approximate surface area is 197 Å². The van der Waals surface area contributed by atoms with E-state index in [4.69, 9.17) is 0 Å². The van der Waals surface area contributed by atoms with E-state index in [9.17, 15) is 14.9 Å². The van der Waals surface area contributed by atoms with E-state index < -0.39 is 0 Å². The zero-order valence-electron chi connectivity index (χ0n) is 20.3. The largest absolute Gasteiger partial charge is 0.326 e. The number of hydrogen-bond donors (Lipinski definition) is 1. The van der Waals surface area contributed by atoms with Gasteiger partial charge >= 0.3 is 0 Å². The zero-order chi connectivity index (χ0) is 23.5. The minimum absolute atomic E-state index is 0.00260. The molecule has 2 saturated carbocycles. The van der Waals surface area contributed by atoms with Gasteiger partial charge in [-0.3, -0.25) is 9.59 Å². The molecule has 3 aliphatic carbocycles. The van der Waals surface area contributed by atoms with Gasteiger partial charge in [-0.2, -0.15) is 5.26 Å². The second kappa shape index (κ2) is 7.72. The maximum atomic E-state index is 13.4. The summed E-state index contributed by atoms with van der Waals surface area (Å²) in [5, 5.41) is 12.3. The summed E-state index contributed by atoms with van der Waals surface area (Å²) in [6, 6.07) is 9.34. The van der Waals surface area contributed by atoms with Gasteiger partial charge in [0.2, 0.25) is 11.8 Å². The first kappa shape index (κ1) is 22.2. The Bertz CT molecular complexity index is 1080. The normalized spacial score (nSPS) is 37.7. The van der Waals surface area contributed by atoms with E-state index >= 15 is 0 Å². The summed E-state index contributed by atoms with van der Waals surface area (Å²) in [6.45, 7) is 6.98. The van der Waals surface area contributed by atoms with Crippen molar-refractivity contribution >= 4 is 17.5 Å². The molecule has 5 rings (SSSR count). The molecule has 0 radical (unpaired) electrons. The predicted molar refractivity (Wildman–Crippen MR) is 128 cm³/mol. The molecular formula is C28H35N3O2. The number of allylic oxidation sites excluding steroid dienone is 2. The lowest BCUT2D eigenvalue weighted by molar-refractivity contribution is -0.137. The molecule has 2 amide bonds. The Kier molecular flexibility index (Phi) is 5.19. The number of nitrogens with zero attached hydrogens (tertiary/aromatic N) is 2. The molecule has 33 heavy (non-hydrogen) atoms. The molecule has 5 nitrogen and oxygen atoms in total. The van der Waals surface area contributed by atoms with E-state index in [2.05, 4.69) is 32.2 Å². The smallest absolute Gasteiger partial charge is 0.228 e. The molecule has 0 spiro atoms. The number of carbonyl (C=O) groups excluding carboxylic acids is 2. The van der Waals surface area contributed by atoms with Gasteiger partial charge in [0.1, 0.15) is 0 Å². The van der Waals surface area contributed by atoms with Gasteiger partial charge in [-0.1, -0.05) is 25.5 Å². The average Bonchev–Trinajstić information content (AvgIpc) is 3.14. The number of amides is 2. The summed E-state index contributed by atoms with van der Waals surface area (Å²) < 4.78 is 0. The van der Waals surface area contributed by atoms with Crippen molar-refractivity contribution < 1.29 is 9.59 Å². The molecule has 3 fully saturated rings. The molecule has 1 N–H and O–H groups in total. The highest BCUT2D eigenvalue weighted by Crippen LogP contribution is 2.66. The van der Waals surface area contributed by atoms with Crippen molar-refractivity contribution in [2.45, 2.75) is 65.7 Å². The molecule has 1 aliphatic heterocycles. The van der Waals surface area contributed by atoms with Crippen LogP contribution in [0.15, 0.2) is 35.5 Å². The van der Waals surface area contributed by atoms with E-state index in [0.29, 0.717) is 35.4 Å². The summed E-state index contributed by atoms with van der Waals surface area (Å²) >= 11 is 0. The van der Waals surface area contributed by atoms with Crippen LogP contribution in [0.5, 0.6) is 0 Å². The van der Waals surface area contributed by atoms with Crippen LogP contribution in [-0.4, -0.2) is 23.8 Å². The van der Waals surface area contributed by atoms with Crippen LogP contribution in [0.4, 0.5) is 5.69 Å². The molecule has 4 aliphatic rings. The highest BCUT2D eigenvalue weighted by atomic mass is 16.2. The molecule has 1 aromatic carbocycles. The Morgan fingerprint density at radius 2 is 1.97 bits per heavy atom. The van der Waals surface area contributed by atoms with Gasteiger partial charge in [0.05, 0.1) is 11.6 Å². The maximum Gasteiger partial charge on any atom is 0.228 e. The highest BCUT2D eigenvalue weighted by Gasteiger charge is 2.61. The van der Waals surface area contributed by atoms with Crippen LogP contribution >= 0.6 is 0 Å². The van der Waals surface area contributed by atoms with Crippen molar-refractivity contribution in [3.63, 3.8) is 0 Å². The quantitative estimate of drug-likeness (QED) is 0.654. The van der Waals surface area contributed by atoms with Crippen molar-refractivity contribution in [3.05, 3.63) is 41.1 Å². The Balaban J connectivity index is 1.41. The lowest BCUT2D eigenvalue weighted by Crippen LogP contribution is -2.54. The SMILES string of the molecule is CC1=C2N(C)C(=O)CC[C@]2(C)[C@H]2CC[C@]3(C)[C@@H](C(=O)Nc4cccc(C#N)c4)CC[C@H]3[C@@H]2C1. The second-order valence-electron chi connectivity index (χ2n) is 11.4. The van der Waals surface area contributed by atoms with Crippen molar-refractivity contribution in [1.29, 1.82) is 5.26 Å². The van der Waals surface area contributed by atoms with Crippen LogP contribution in [0.25, 0.3) is 0 Å². The maximum absolute atomic E-state index is 13.4. The number of nitrogens with one attached hydrogen (secondary N) is 1. The molecule has 1 saturated heterocycles. The van der Waals surface area contributed by atoms with Crippen LogP contribution in [0.1, 0.15) is 71.3 Å². The highest BCUT2D eigenvalue weighted by molar-refractivity contribution is 5.93. The molecule has 174 valence electrons. The molecule has 5 heteroatoms. The summed E-state index contributed by atoms with van der Waals surface area (Å²) in [5.41, 5.74) is 4.00. The van der Waals surface area contributed by atoms with Crippen molar-refractivity contribution in [3.8, 4) is 6.07 Å². The van der Waals surface area contributed by atoms with Gasteiger partial charge < -0.3 is 10.2 Å². The molecule has 1 aromatic rings. The van der Waals surface area contributed by atoms with Gasteiger partial charge in [-0.25, -0.2) is 0 Å². The fourth-order valence-electron chi connectivity index (χ4n) is 8.44. The number of carbonyl (C=O) groups is 2. The van der Waals surface area contributed by atoms with Crippen molar-refractivity contribution in [2.75, 3.05) is 12.4 Å². The topological polar surface area (TPSA) is 73.2 Å². The first-order chi connectivity index (χ1) is 15.7. The van der Waals surface area contributed by atoms with E-state index in [-0.39, 0.29) is 28.6 Å².